The lowest BCUT2D eigenvalue weighted by molar-refractivity contribution is -0.274. The Hall–Kier alpha value is -2.87. The van der Waals surface area contributed by atoms with Gasteiger partial charge in [-0.2, -0.15) is 0 Å². The van der Waals surface area contributed by atoms with Crippen LogP contribution >= 0.6 is 0 Å². The number of benzene rings is 2. The van der Waals surface area contributed by atoms with Gasteiger partial charge in [0.15, 0.2) is 5.88 Å². The van der Waals surface area contributed by atoms with Gasteiger partial charge in [-0.3, -0.25) is 0 Å². The third-order valence-electron chi connectivity index (χ3n) is 4.94. The minimum Gasteiger partial charge on any atom is -0.494 e. The number of aliphatic hydroxyl groups is 1. The van der Waals surface area contributed by atoms with Gasteiger partial charge in [-0.15, -0.1) is 13.2 Å². The predicted octanol–water partition coefficient (Wildman–Crippen LogP) is 4.37. The van der Waals surface area contributed by atoms with E-state index >= 15 is 0 Å². The molecule has 1 aromatic heterocycles. The average molecular weight is 393 g/mol. The molecule has 8 heteroatoms. The zero-order valence-corrected chi connectivity index (χ0v) is 15.1. The van der Waals surface area contributed by atoms with Crippen molar-refractivity contribution in [2.75, 3.05) is 0 Å². The van der Waals surface area contributed by atoms with Gasteiger partial charge in [-0.25, -0.2) is 0 Å². The molecule has 0 aliphatic carbocycles. The Kier molecular flexibility index (Phi) is 4.01. The summed E-state index contributed by atoms with van der Waals surface area (Å²) in [5.41, 5.74) is -0.753. The standard InChI is InChI=1S/C20H18F3NO4/c1-19(2)17(25)16(24-10-11-5-3-4-6-13(11)18(24)26)14-9-12(27-20(21,22)23)7-8-15(14)28-19/h3-10,16-17,25-26H,1-2H3/t16-,17?/m0/s1. The van der Waals surface area contributed by atoms with Crippen molar-refractivity contribution in [2.45, 2.75) is 38.0 Å². The molecule has 1 unspecified atom stereocenters. The lowest BCUT2D eigenvalue weighted by Crippen LogP contribution is -2.50. The zero-order chi connectivity index (χ0) is 20.3. The number of aromatic hydroxyl groups is 1. The first-order valence-corrected chi connectivity index (χ1v) is 8.62. The molecule has 2 N–H and O–H groups in total. The molecule has 0 spiro atoms. The molecular weight excluding hydrogens is 375 g/mol. The largest absolute Gasteiger partial charge is 0.573 e. The average Bonchev–Trinajstić information content (AvgIpc) is 2.92. The maximum Gasteiger partial charge on any atom is 0.573 e. The van der Waals surface area contributed by atoms with E-state index in [9.17, 15) is 23.4 Å². The molecule has 2 heterocycles. The van der Waals surface area contributed by atoms with Gasteiger partial charge in [-0.05, 0) is 38.1 Å². The maximum absolute atomic E-state index is 12.6. The van der Waals surface area contributed by atoms with Crippen molar-refractivity contribution < 1.29 is 32.9 Å². The molecule has 2 atom stereocenters. The van der Waals surface area contributed by atoms with Gasteiger partial charge < -0.3 is 24.3 Å². The number of nitrogens with zero attached hydrogens (tertiary/aromatic N) is 1. The molecule has 3 aromatic rings. The van der Waals surface area contributed by atoms with Crippen LogP contribution in [0.5, 0.6) is 17.4 Å². The van der Waals surface area contributed by atoms with Crippen molar-refractivity contribution in [1.29, 1.82) is 0 Å². The first-order valence-electron chi connectivity index (χ1n) is 8.62. The van der Waals surface area contributed by atoms with Crippen molar-refractivity contribution in [2.24, 2.45) is 0 Å². The Morgan fingerprint density at radius 2 is 1.86 bits per heavy atom. The summed E-state index contributed by atoms with van der Waals surface area (Å²) in [6.07, 6.45) is -4.34. The Balaban J connectivity index is 1.90. The highest BCUT2D eigenvalue weighted by Crippen LogP contribution is 2.46. The fourth-order valence-electron chi connectivity index (χ4n) is 3.62. The highest BCUT2D eigenvalue weighted by molar-refractivity contribution is 5.88. The molecule has 0 radical (unpaired) electrons. The third kappa shape index (κ3) is 3.03. The van der Waals surface area contributed by atoms with E-state index < -0.39 is 29.9 Å². The SMILES string of the molecule is CC1(C)Oc2ccc(OC(F)(F)F)cc2[C@H](n2cc3ccccc3c2O)C1O. The van der Waals surface area contributed by atoms with E-state index in [2.05, 4.69) is 4.74 Å². The monoisotopic (exact) mass is 393 g/mol. The number of hydrogen-bond donors (Lipinski definition) is 2. The van der Waals surface area contributed by atoms with Crippen molar-refractivity contribution in [1.82, 2.24) is 4.57 Å². The number of alkyl halides is 3. The summed E-state index contributed by atoms with van der Waals surface area (Å²) >= 11 is 0. The summed E-state index contributed by atoms with van der Waals surface area (Å²) in [5.74, 6) is -0.208. The summed E-state index contributed by atoms with van der Waals surface area (Å²) in [6, 6.07) is 9.92. The van der Waals surface area contributed by atoms with E-state index in [0.717, 1.165) is 11.5 Å². The molecule has 1 aliphatic rings. The second kappa shape index (κ2) is 6.07. The fourth-order valence-corrected chi connectivity index (χ4v) is 3.62. The van der Waals surface area contributed by atoms with Crippen LogP contribution in [0, 0.1) is 0 Å². The number of aromatic nitrogens is 1. The Bertz CT molecular complexity index is 1040. The topological polar surface area (TPSA) is 63.9 Å². The number of fused-ring (bicyclic) bond motifs is 2. The Morgan fingerprint density at radius 1 is 1.14 bits per heavy atom. The molecule has 0 bridgehead atoms. The molecule has 0 amide bonds. The first kappa shape index (κ1) is 18.5. The number of hydrogen-bond acceptors (Lipinski definition) is 4. The molecule has 148 valence electrons. The second-order valence-corrected chi connectivity index (χ2v) is 7.29. The van der Waals surface area contributed by atoms with E-state index in [1.165, 1.54) is 16.7 Å². The lowest BCUT2D eigenvalue weighted by Gasteiger charge is -2.42. The molecule has 28 heavy (non-hydrogen) atoms. The predicted molar refractivity (Wildman–Crippen MR) is 95.6 cm³/mol. The molecule has 5 nitrogen and oxygen atoms in total. The van der Waals surface area contributed by atoms with Crippen LogP contribution in [-0.4, -0.2) is 32.8 Å². The minimum atomic E-state index is -4.85. The molecule has 1 aliphatic heterocycles. The summed E-state index contributed by atoms with van der Waals surface area (Å²) in [7, 11) is 0. The van der Waals surface area contributed by atoms with Gasteiger partial charge >= 0.3 is 6.36 Å². The molecule has 2 aromatic carbocycles. The summed E-state index contributed by atoms with van der Waals surface area (Å²) in [4.78, 5) is 0. The van der Waals surface area contributed by atoms with E-state index in [1.807, 2.05) is 0 Å². The van der Waals surface area contributed by atoms with Crippen LogP contribution in [0.1, 0.15) is 25.5 Å². The molecule has 0 saturated carbocycles. The highest BCUT2D eigenvalue weighted by atomic mass is 19.4. The Morgan fingerprint density at radius 3 is 2.54 bits per heavy atom. The van der Waals surface area contributed by atoms with E-state index in [-0.39, 0.29) is 11.4 Å². The number of ether oxygens (including phenoxy) is 2. The van der Waals surface area contributed by atoms with Gasteiger partial charge in [0.05, 0.1) is 6.04 Å². The van der Waals surface area contributed by atoms with E-state index in [0.29, 0.717) is 11.1 Å². The fraction of sp³-hybridized carbons (Fsp3) is 0.300. The highest BCUT2D eigenvalue weighted by Gasteiger charge is 2.45. The number of rotatable bonds is 2. The van der Waals surface area contributed by atoms with Crippen molar-refractivity contribution in [3.8, 4) is 17.4 Å². The van der Waals surface area contributed by atoms with Crippen molar-refractivity contribution in [3.63, 3.8) is 0 Å². The minimum absolute atomic E-state index is 0.0922. The van der Waals surface area contributed by atoms with Gasteiger partial charge in [0.1, 0.15) is 23.2 Å². The summed E-state index contributed by atoms with van der Waals surface area (Å²) in [6.45, 7) is 3.35. The maximum atomic E-state index is 12.6. The zero-order valence-electron chi connectivity index (χ0n) is 15.1. The number of halogens is 3. The smallest absolute Gasteiger partial charge is 0.494 e. The van der Waals surface area contributed by atoms with Crippen LogP contribution in [0.3, 0.4) is 0 Å². The van der Waals surface area contributed by atoms with Gasteiger partial charge in [0.2, 0.25) is 0 Å². The third-order valence-corrected chi connectivity index (χ3v) is 4.94. The van der Waals surface area contributed by atoms with Crippen LogP contribution in [0.15, 0.2) is 48.7 Å². The normalized spacial score (nSPS) is 21.2. The molecule has 0 fully saturated rings. The van der Waals surface area contributed by atoms with Crippen LogP contribution in [0.4, 0.5) is 13.2 Å². The van der Waals surface area contributed by atoms with Crippen LogP contribution < -0.4 is 9.47 Å². The second-order valence-electron chi connectivity index (χ2n) is 7.29. The summed E-state index contributed by atoms with van der Waals surface area (Å²) < 4.78 is 49.2. The molecular formula is C20H18F3NO4. The van der Waals surface area contributed by atoms with Gasteiger partial charge in [0, 0.05) is 22.5 Å². The molecule has 0 saturated heterocycles. The lowest BCUT2D eigenvalue weighted by atomic mass is 9.86. The quantitative estimate of drug-likeness (QED) is 0.679. The van der Waals surface area contributed by atoms with E-state index in [1.54, 1.807) is 44.3 Å². The van der Waals surface area contributed by atoms with Gasteiger partial charge in [0.25, 0.3) is 0 Å². The van der Waals surface area contributed by atoms with E-state index in [4.69, 9.17) is 4.74 Å². The van der Waals surface area contributed by atoms with Crippen molar-refractivity contribution >= 4 is 10.8 Å². The van der Waals surface area contributed by atoms with Gasteiger partial charge in [-0.1, -0.05) is 18.2 Å². The van der Waals surface area contributed by atoms with Crippen molar-refractivity contribution in [3.05, 3.63) is 54.2 Å². The number of aliphatic hydroxyl groups excluding tert-OH is 1. The molecule has 4 rings (SSSR count). The first-order chi connectivity index (χ1) is 13.1. The van der Waals surface area contributed by atoms with Crippen LogP contribution in [0.25, 0.3) is 10.8 Å². The van der Waals surface area contributed by atoms with Crippen LogP contribution in [0.2, 0.25) is 0 Å². The summed E-state index contributed by atoms with van der Waals surface area (Å²) in [5, 5.41) is 23.0. The Labute approximate surface area is 158 Å². The van der Waals surface area contributed by atoms with Crippen LogP contribution in [-0.2, 0) is 0 Å².